The molecule has 0 fully saturated rings. The lowest BCUT2D eigenvalue weighted by atomic mass is 9.80. The van der Waals surface area contributed by atoms with Gasteiger partial charge >= 0.3 is 0 Å². The average molecular weight is 272 g/mol. The maximum absolute atomic E-state index is 12.3. The first-order valence-electron chi connectivity index (χ1n) is 6.38. The zero-order valence-corrected chi connectivity index (χ0v) is 11.4. The van der Waals surface area contributed by atoms with Crippen LogP contribution in [0.4, 0.5) is 0 Å². The Morgan fingerprint density at radius 2 is 1.89 bits per heavy atom. The Kier molecular flexibility index (Phi) is 3.11. The number of hydrogen-bond donors (Lipinski definition) is 0. The lowest BCUT2D eigenvalue weighted by Gasteiger charge is -2.24. The summed E-state index contributed by atoms with van der Waals surface area (Å²) in [5, 5.41) is 0.722. The first-order chi connectivity index (χ1) is 9.15. The van der Waals surface area contributed by atoms with Crippen molar-refractivity contribution < 1.29 is 4.79 Å². The highest BCUT2D eigenvalue weighted by Crippen LogP contribution is 2.33. The van der Waals surface area contributed by atoms with Gasteiger partial charge in [0.05, 0.1) is 5.69 Å². The van der Waals surface area contributed by atoms with E-state index in [0.717, 1.165) is 33.8 Å². The van der Waals surface area contributed by atoms with Crippen LogP contribution in [0.15, 0.2) is 36.5 Å². The lowest BCUT2D eigenvalue weighted by Crippen LogP contribution is -2.21. The molecule has 0 N–H and O–H groups in total. The summed E-state index contributed by atoms with van der Waals surface area (Å²) in [5.41, 5.74) is 3.94. The standard InChI is InChI=1S/C16H14ClNO/c1-10-6-7-18-14-8-12(9-15(19)16(10)14)11-2-4-13(17)5-3-11/h2-7,12H,8-9H2,1H3/t12-/m0/s1. The second-order valence-electron chi connectivity index (χ2n) is 5.03. The minimum Gasteiger partial charge on any atom is -0.294 e. The van der Waals surface area contributed by atoms with Gasteiger partial charge in [-0.2, -0.15) is 0 Å². The molecule has 1 heterocycles. The first kappa shape index (κ1) is 12.4. The Morgan fingerprint density at radius 3 is 2.63 bits per heavy atom. The number of pyridine rings is 1. The Morgan fingerprint density at radius 1 is 1.16 bits per heavy atom. The molecule has 1 atom stereocenters. The van der Waals surface area contributed by atoms with Crippen LogP contribution in [-0.2, 0) is 6.42 Å². The van der Waals surface area contributed by atoms with Gasteiger partial charge in [-0.25, -0.2) is 0 Å². The van der Waals surface area contributed by atoms with Crippen molar-refractivity contribution in [2.75, 3.05) is 0 Å². The Balaban J connectivity index is 1.97. The van der Waals surface area contributed by atoms with Gasteiger partial charge in [-0.1, -0.05) is 23.7 Å². The highest BCUT2D eigenvalue weighted by molar-refractivity contribution is 6.30. The number of fused-ring (bicyclic) bond motifs is 1. The second kappa shape index (κ2) is 4.78. The van der Waals surface area contributed by atoms with Gasteiger partial charge < -0.3 is 0 Å². The molecule has 3 heteroatoms. The van der Waals surface area contributed by atoms with Crippen molar-refractivity contribution in [3.8, 4) is 0 Å². The van der Waals surface area contributed by atoms with Crippen LogP contribution in [0, 0.1) is 6.92 Å². The van der Waals surface area contributed by atoms with Crippen LogP contribution in [-0.4, -0.2) is 10.8 Å². The van der Waals surface area contributed by atoms with Gasteiger partial charge in [0.2, 0.25) is 0 Å². The molecule has 2 nitrogen and oxygen atoms in total. The molecular weight excluding hydrogens is 258 g/mol. The molecule has 96 valence electrons. The van der Waals surface area contributed by atoms with E-state index in [1.54, 1.807) is 6.20 Å². The molecule has 0 saturated carbocycles. The number of aromatic nitrogens is 1. The average Bonchev–Trinajstić information content (AvgIpc) is 2.39. The number of carbonyl (C=O) groups is 1. The van der Waals surface area contributed by atoms with Gasteiger partial charge in [-0.3, -0.25) is 9.78 Å². The molecule has 19 heavy (non-hydrogen) atoms. The quantitative estimate of drug-likeness (QED) is 0.786. The van der Waals surface area contributed by atoms with Crippen molar-refractivity contribution >= 4 is 17.4 Å². The number of ketones is 1. The maximum atomic E-state index is 12.3. The molecule has 0 radical (unpaired) electrons. The van der Waals surface area contributed by atoms with Crippen molar-refractivity contribution in [1.29, 1.82) is 0 Å². The fourth-order valence-electron chi connectivity index (χ4n) is 2.75. The summed E-state index contributed by atoms with van der Waals surface area (Å²) in [4.78, 5) is 16.7. The van der Waals surface area contributed by atoms with Gasteiger partial charge in [0.1, 0.15) is 0 Å². The summed E-state index contributed by atoms with van der Waals surface area (Å²) in [7, 11) is 0. The Hall–Kier alpha value is -1.67. The predicted octanol–water partition coefficient (Wildman–Crippen LogP) is 3.96. The molecule has 1 aliphatic carbocycles. The van der Waals surface area contributed by atoms with E-state index in [1.165, 1.54) is 0 Å². The number of hydrogen-bond acceptors (Lipinski definition) is 2. The number of nitrogens with zero attached hydrogens (tertiary/aromatic N) is 1. The highest BCUT2D eigenvalue weighted by Gasteiger charge is 2.28. The molecule has 1 aliphatic rings. The minimum atomic E-state index is 0.201. The van der Waals surface area contributed by atoms with Gasteiger partial charge in [-0.15, -0.1) is 0 Å². The van der Waals surface area contributed by atoms with E-state index in [0.29, 0.717) is 6.42 Å². The number of benzene rings is 1. The molecule has 1 aromatic heterocycles. The maximum Gasteiger partial charge on any atom is 0.165 e. The van der Waals surface area contributed by atoms with Crippen LogP contribution in [0.3, 0.4) is 0 Å². The van der Waals surface area contributed by atoms with E-state index in [4.69, 9.17) is 11.6 Å². The molecule has 0 saturated heterocycles. The van der Waals surface area contributed by atoms with Crippen molar-refractivity contribution in [3.05, 3.63) is 63.9 Å². The number of halogens is 1. The van der Waals surface area contributed by atoms with Crippen LogP contribution in [0.2, 0.25) is 5.02 Å². The van der Waals surface area contributed by atoms with Crippen molar-refractivity contribution in [2.24, 2.45) is 0 Å². The van der Waals surface area contributed by atoms with E-state index in [-0.39, 0.29) is 11.7 Å². The van der Waals surface area contributed by atoms with E-state index >= 15 is 0 Å². The topological polar surface area (TPSA) is 30.0 Å². The molecule has 2 aromatic rings. The summed E-state index contributed by atoms with van der Waals surface area (Å²) >= 11 is 5.90. The van der Waals surface area contributed by atoms with E-state index in [1.807, 2.05) is 37.3 Å². The van der Waals surface area contributed by atoms with Crippen molar-refractivity contribution in [3.63, 3.8) is 0 Å². The predicted molar refractivity (Wildman–Crippen MR) is 75.8 cm³/mol. The third-order valence-electron chi connectivity index (χ3n) is 3.73. The van der Waals surface area contributed by atoms with Crippen molar-refractivity contribution in [1.82, 2.24) is 4.98 Å². The molecular formula is C16H14ClNO. The third kappa shape index (κ3) is 2.28. The van der Waals surface area contributed by atoms with E-state index in [9.17, 15) is 4.79 Å². The van der Waals surface area contributed by atoms with Crippen molar-refractivity contribution in [2.45, 2.75) is 25.7 Å². The normalized spacial score (nSPS) is 18.2. The molecule has 3 rings (SSSR count). The van der Waals surface area contributed by atoms with E-state index < -0.39 is 0 Å². The summed E-state index contributed by atoms with van der Waals surface area (Å²) in [6.45, 7) is 1.97. The molecule has 0 amide bonds. The zero-order valence-electron chi connectivity index (χ0n) is 10.7. The fraction of sp³-hybridized carbons (Fsp3) is 0.250. The van der Waals surface area contributed by atoms with Crippen LogP contribution < -0.4 is 0 Å². The van der Waals surface area contributed by atoms with Gasteiger partial charge in [-0.05, 0) is 48.6 Å². The van der Waals surface area contributed by atoms with Gasteiger partial charge in [0, 0.05) is 23.2 Å². The lowest BCUT2D eigenvalue weighted by molar-refractivity contribution is 0.0962. The molecule has 0 spiro atoms. The summed E-state index contributed by atoms with van der Waals surface area (Å²) in [6.07, 6.45) is 3.16. The minimum absolute atomic E-state index is 0.201. The number of rotatable bonds is 1. The van der Waals surface area contributed by atoms with Crippen LogP contribution in [0.25, 0.3) is 0 Å². The molecule has 0 bridgehead atoms. The SMILES string of the molecule is Cc1ccnc2c1C(=O)C[C@@H](c1ccc(Cl)cc1)C2. The monoisotopic (exact) mass is 271 g/mol. The highest BCUT2D eigenvalue weighted by atomic mass is 35.5. The first-order valence-corrected chi connectivity index (χ1v) is 6.76. The fourth-order valence-corrected chi connectivity index (χ4v) is 2.88. The van der Waals surface area contributed by atoms with Gasteiger partial charge in [0.15, 0.2) is 5.78 Å². The summed E-state index contributed by atoms with van der Waals surface area (Å²) in [6, 6.07) is 9.66. The number of Topliss-reactive ketones (excluding diaryl/α,β-unsaturated/α-hetero) is 1. The number of aryl methyl sites for hydroxylation is 1. The Labute approximate surface area is 117 Å². The summed E-state index contributed by atoms with van der Waals surface area (Å²) < 4.78 is 0. The third-order valence-corrected chi connectivity index (χ3v) is 3.98. The van der Waals surface area contributed by atoms with Gasteiger partial charge in [0.25, 0.3) is 0 Å². The zero-order chi connectivity index (χ0) is 13.4. The molecule has 0 aliphatic heterocycles. The largest absolute Gasteiger partial charge is 0.294 e. The summed E-state index contributed by atoms with van der Waals surface area (Å²) in [5.74, 6) is 0.415. The van der Waals surface area contributed by atoms with E-state index in [2.05, 4.69) is 4.98 Å². The second-order valence-corrected chi connectivity index (χ2v) is 5.47. The smallest absolute Gasteiger partial charge is 0.165 e. The molecule has 0 unspecified atom stereocenters. The Bertz CT molecular complexity index is 634. The number of carbonyl (C=O) groups excluding carboxylic acids is 1. The van der Waals surface area contributed by atoms with Crippen LogP contribution >= 0.6 is 11.6 Å². The van der Waals surface area contributed by atoms with Crippen LogP contribution in [0.5, 0.6) is 0 Å². The molecule has 1 aromatic carbocycles. The van der Waals surface area contributed by atoms with Crippen LogP contribution in [0.1, 0.15) is 39.5 Å².